The SMILES string of the molecule is COc1cc(SC(=O)c2ccccc2)cc(P(C)(C)=O)c1OC. The van der Waals surface area contributed by atoms with Crippen LogP contribution in [-0.2, 0) is 4.57 Å². The van der Waals surface area contributed by atoms with Crippen LogP contribution in [0.15, 0.2) is 47.4 Å². The van der Waals surface area contributed by atoms with Gasteiger partial charge in [0.2, 0.25) is 5.12 Å². The summed E-state index contributed by atoms with van der Waals surface area (Å²) in [5, 5.41) is 0.494. The second-order valence-electron chi connectivity index (χ2n) is 5.28. The average Bonchev–Trinajstić information content (AvgIpc) is 2.53. The lowest BCUT2D eigenvalue weighted by molar-refractivity contribution is 0.108. The molecule has 0 bridgehead atoms. The zero-order valence-electron chi connectivity index (χ0n) is 13.5. The van der Waals surface area contributed by atoms with E-state index in [9.17, 15) is 9.36 Å². The van der Waals surface area contributed by atoms with Gasteiger partial charge in [0.15, 0.2) is 11.5 Å². The highest BCUT2D eigenvalue weighted by molar-refractivity contribution is 8.14. The standard InChI is InChI=1S/C17H19O4PS/c1-20-14-10-13(11-15(16(14)21-2)22(3,4)19)23-17(18)12-8-6-5-7-9-12/h5-11H,1-4H3. The Kier molecular flexibility index (Phi) is 5.55. The van der Waals surface area contributed by atoms with E-state index < -0.39 is 7.14 Å². The van der Waals surface area contributed by atoms with Gasteiger partial charge in [0, 0.05) is 10.5 Å². The lowest BCUT2D eigenvalue weighted by Gasteiger charge is -2.17. The molecule has 0 saturated carbocycles. The number of thioether (sulfide) groups is 1. The number of rotatable bonds is 5. The summed E-state index contributed by atoms with van der Waals surface area (Å²) in [7, 11) is 0.448. The number of carbonyl (C=O) groups excluding carboxylic acids is 1. The lowest BCUT2D eigenvalue weighted by atomic mass is 10.2. The van der Waals surface area contributed by atoms with Gasteiger partial charge in [-0.25, -0.2) is 0 Å². The first-order valence-electron chi connectivity index (χ1n) is 6.95. The van der Waals surface area contributed by atoms with E-state index in [0.29, 0.717) is 27.3 Å². The monoisotopic (exact) mass is 350 g/mol. The van der Waals surface area contributed by atoms with Crippen LogP contribution in [0.4, 0.5) is 0 Å². The number of ether oxygens (including phenoxy) is 2. The summed E-state index contributed by atoms with van der Waals surface area (Å²) < 4.78 is 23.2. The highest BCUT2D eigenvalue weighted by Crippen LogP contribution is 2.44. The first-order chi connectivity index (χ1) is 10.9. The Morgan fingerprint density at radius 3 is 2.22 bits per heavy atom. The molecular formula is C17H19O4PS. The molecule has 4 nitrogen and oxygen atoms in total. The quantitative estimate of drug-likeness (QED) is 0.605. The number of hydrogen-bond donors (Lipinski definition) is 0. The van der Waals surface area contributed by atoms with E-state index in [1.165, 1.54) is 14.2 Å². The van der Waals surface area contributed by atoms with Crippen molar-refractivity contribution in [2.75, 3.05) is 27.5 Å². The Bertz CT molecular complexity index is 753. The molecule has 2 aromatic rings. The predicted molar refractivity (Wildman–Crippen MR) is 95.3 cm³/mol. The molecule has 0 atom stereocenters. The maximum absolute atomic E-state index is 12.5. The van der Waals surface area contributed by atoms with Gasteiger partial charge < -0.3 is 14.0 Å². The van der Waals surface area contributed by atoms with Crippen molar-refractivity contribution in [3.63, 3.8) is 0 Å². The van der Waals surface area contributed by atoms with E-state index >= 15 is 0 Å². The fourth-order valence-electron chi connectivity index (χ4n) is 2.12. The van der Waals surface area contributed by atoms with Crippen molar-refractivity contribution in [1.82, 2.24) is 0 Å². The molecule has 122 valence electrons. The molecule has 0 aliphatic heterocycles. The van der Waals surface area contributed by atoms with Gasteiger partial charge in [0.1, 0.15) is 7.14 Å². The van der Waals surface area contributed by atoms with E-state index in [2.05, 4.69) is 0 Å². The van der Waals surface area contributed by atoms with Crippen LogP contribution in [0.3, 0.4) is 0 Å². The van der Waals surface area contributed by atoms with Gasteiger partial charge in [0.05, 0.1) is 19.5 Å². The number of benzene rings is 2. The first-order valence-corrected chi connectivity index (χ1v) is 10.4. The van der Waals surface area contributed by atoms with Crippen molar-refractivity contribution in [3.05, 3.63) is 48.0 Å². The Labute approximate surface area is 140 Å². The van der Waals surface area contributed by atoms with Crippen LogP contribution in [-0.4, -0.2) is 32.7 Å². The zero-order chi connectivity index (χ0) is 17.0. The van der Waals surface area contributed by atoms with Gasteiger partial charge in [-0.2, -0.15) is 0 Å². The van der Waals surface area contributed by atoms with Crippen molar-refractivity contribution in [3.8, 4) is 11.5 Å². The minimum absolute atomic E-state index is 0.0780. The van der Waals surface area contributed by atoms with Crippen LogP contribution in [0.25, 0.3) is 0 Å². The summed E-state index contributed by atoms with van der Waals surface area (Å²) in [6.45, 7) is 3.33. The molecule has 0 fully saturated rings. The van der Waals surface area contributed by atoms with Gasteiger partial charge in [-0.05, 0) is 37.2 Å². The Hall–Kier alpha value is -1.71. The van der Waals surface area contributed by atoms with Crippen LogP contribution >= 0.6 is 18.9 Å². The molecule has 0 aromatic heterocycles. The van der Waals surface area contributed by atoms with E-state index in [1.807, 2.05) is 18.2 Å². The number of carbonyl (C=O) groups is 1. The molecule has 0 N–H and O–H groups in total. The van der Waals surface area contributed by atoms with Crippen molar-refractivity contribution in [1.29, 1.82) is 0 Å². The fraction of sp³-hybridized carbons (Fsp3) is 0.235. The topological polar surface area (TPSA) is 52.6 Å². The average molecular weight is 350 g/mol. The summed E-state index contributed by atoms with van der Waals surface area (Å²) in [6, 6.07) is 12.5. The highest BCUT2D eigenvalue weighted by atomic mass is 32.2. The summed E-state index contributed by atoms with van der Waals surface area (Å²) in [5.74, 6) is 0.926. The molecule has 0 spiro atoms. The third-order valence-electron chi connectivity index (χ3n) is 3.23. The lowest BCUT2D eigenvalue weighted by Crippen LogP contribution is -2.10. The summed E-state index contributed by atoms with van der Waals surface area (Å²) >= 11 is 1.08. The zero-order valence-corrected chi connectivity index (χ0v) is 15.2. The molecule has 0 saturated heterocycles. The maximum atomic E-state index is 12.5. The van der Waals surface area contributed by atoms with E-state index in [4.69, 9.17) is 9.47 Å². The van der Waals surface area contributed by atoms with Crippen LogP contribution < -0.4 is 14.8 Å². The highest BCUT2D eigenvalue weighted by Gasteiger charge is 2.23. The minimum atomic E-state index is -2.58. The van der Waals surface area contributed by atoms with Gasteiger partial charge in [-0.1, -0.05) is 30.3 Å². The van der Waals surface area contributed by atoms with Crippen LogP contribution in [0.2, 0.25) is 0 Å². The molecule has 23 heavy (non-hydrogen) atoms. The van der Waals surface area contributed by atoms with Crippen LogP contribution in [0, 0.1) is 0 Å². The Morgan fingerprint density at radius 2 is 1.70 bits per heavy atom. The smallest absolute Gasteiger partial charge is 0.224 e. The van der Waals surface area contributed by atoms with Crippen LogP contribution in [0.1, 0.15) is 10.4 Å². The summed E-state index contributed by atoms with van der Waals surface area (Å²) in [4.78, 5) is 13.0. The Morgan fingerprint density at radius 1 is 1.04 bits per heavy atom. The molecule has 2 aromatic carbocycles. The van der Waals surface area contributed by atoms with Crippen molar-refractivity contribution in [2.45, 2.75) is 4.90 Å². The van der Waals surface area contributed by atoms with Gasteiger partial charge >= 0.3 is 0 Å². The molecule has 6 heteroatoms. The molecule has 0 aliphatic rings. The maximum Gasteiger partial charge on any atom is 0.224 e. The fourth-order valence-corrected chi connectivity index (χ4v) is 4.16. The van der Waals surface area contributed by atoms with E-state index in [1.54, 1.807) is 37.6 Å². The third-order valence-corrected chi connectivity index (χ3v) is 5.62. The number of methoxy groups -OCH3 is 2. The molecule has 0 radical (unpaired) electrons. The summed E-state index contributed by atoms with van der Waals surface area (Å²) in [5.41, 5.74) is 0.616. The predicted octanol–water partition coefficient (Wildman–Crippen LogP) is 3.88. The molecule has 2 rings (SSSR count). The second-order valence-corrected chi connectivity index (χ2v) is 9.51. The Balaban J connectivity index is 2.44. The number of hydrogen-bond acceptors (Lipinski definition) is 5. The van der Waals surface area contributed by atoms with E-state index in [-0.39, 0.29) is 5.12 Å². The van der Waals surface area contributed by atoms with E-state index in [0.717, 1.165) is 11.8 Å². The first kappa shape index (κ1) is 17.6. The molecular weight excluding hydrogens is 331 g/mol. The molecule has 0 heterocycles. The van der Waals surface area contributed by atoms with Crippen molar-refractivity contribution in [2.24, 2.45) is 0 Å². The van der Waals surface area contributed by atoms with Crippen molar-refractivity contribution < 1.29 is 18.8 Å². The normalized spacial score (nSPS) is 11.1. The summed E-state index contributed by atoms with van der Waals surface area (Å²) in [6.07, 6.45) is 0. The van der Waals surface area contributed by atoms with Gasteiger partial charge in [-0.3, -0.25) is 4.79 Å². The van der Waals surface area contributed by atoms with Gasteiger partial charge in [-0.15, -0.1) is 0 Å². The molecule has 0 amide bonds. The largest absolute Gasteiger partial charge is 0.493 e. The van der Waals surface area contributed by atoms with Gasteiger partial charge in [0.25, 0.3) is 0 Å². The minimum Gasteiger partial charge on any atom is -0.493 e. The molecule has 0 unspecified atom stereocenters. The third kappa shape index (κ3) is 4.18. The van der Waals surface area contributed by atoms with Crippen LogP contribution in [0.5, 0.6) is 11.5 Å². The molecule has 0 aliphatic carbocycles. The second kappa shape index (κ2) is 7.24. The van der Waals surface area contributed by atoms with Crippen molar-refractivity contribution >= 4 is 29.3 Å².